The lowest BCUT2D eigenvalue weighted by atomic mass is 10.00. The minimum atomic E-state index is -0.912. The number of hydrogen-bond donors (Lipinski definition) is 2. The maximum absolute atomic E-state index is 13.0. The van der Waals surface area contributed by atoms with E-state index in [4.69, 9.17) is 9.94 Å². The molecule has 3 aliphatic rings. The third-order valence-corrected chi connectivity index (χ3v) is 6.54. The van der Waals surface area contributed by atoms with Crippen LogP contribution in [0.2, 0.25) is 0 Å². The number of hydrogen-bond acceptors (Lipinski definition) is 6. The average molecular weight is 370 g/mol. The Morgan fingerprint density at radius 1 is 1.28 bits per heavy atom. The molecule has 9 heteroatoms. The van der Waals surface area contributed by atoms with Crippen molar-refractivity contribution in [3.63, 3.8) is 0 Å². The smallest absolute Gasteiger partial charge is 0.305 e. The molecule has 1 amide bonds. The maximum Gasteiger partial charge on any atom is 0.305 e. The molecule has 0 radical (unpaired) electrons. The van der Waals surface area contributed by atoms with Gasteiger partial charge in [0.05, 0.1) is 18.5 Å². The van der Waals surface area contributed by atoms with Crippen LogP contribution in [0.4, 0.5) is 4.79 Å². The number of carboxylic acids is 1. The lowest BCUT2D eigenvalue weighted by Crippen LogP contribution is -2.36. The van der Waals surface area contributed by atoms with Crippen molar-refractivity contribution in [3.8, 4) is 0 Å². The maximum atomic E-state index is 13.0. The molecule has 0 aromatic heterocycles. The Morgan fingerprint density at radius 3 is 2.68 bits per heavy atom. The number of nitrogens with one attached hydrogen (secondary N) is 1. The minimum absolute atomic E-state index is 0.0456. The van der Waals surface area contributed by atoms with Gasteiger partial charge in [0.25, 0.3) is 5.24 Å². The molecule has 3 aliphatic heterocycles. The molecule has 1 unspecified atom stereocenters. The van der Waals surface area contributed by atoms with Gasteiger partial charge in [-0.15, -0.1) is 10.3 Å². The lowest BCUT2D eigenvalue weighted by Gasteiger charge is -2.29. The second-order valence-electron chi connectivity index (χ2n) is 6.50. The van der Waals surface area contributed by atoms with Gasteiger partial charge in [-0.3, -0.25) is 14.4 Å². The van der Waals surface area contributed by atoms with Gasteiger partial charge in [0.1, 0.15) is 5.04 Å². The van der Waals surface area contributed by atoms with E-state index < -0.39 is 16.5 Å². The van der Waals surface area contributed by atoms with Crippen LogP contribution < -0.4 is 5.32 Å². The van der Waals surface area contributed by atoms with Crippen LogP contribution in [-0.2, 0) is 9.63 Å². The van der Waals surface area contributed by atoms with Gasteiger partial charge in [-0.1, -0.05) is 0 Å². The highest BCUT2D eigenvalue weighted by atomic mass is 32.2. The topological polar surface area (TPSA) is 94.5 Å². The van der Waals surface area contributed by atoms with E-state index in [2.05, 4.69) is 10.4 Å². The Hall–Kier alpha value is -1.45. The Bertz CT molecular complexity index is 568. The van der Waals surface area contributed by atoms with E-state index in [0.717, 1.165) is 56.9 Å². The summed E-state index contributed by atoms with van der Waals surface area (Å²) < 4.78 is 0. The zero-order valence-electron chi connectivity index (χ0n) is 14.4. The molecule has 2 fully saturated rings. The van der Waals surface area contributed by atoms with Gasteiger partial charge in [-0.25, -0.2) is 0 Å². The van der Waals surface area contributed by atoms with E-state index in [1.54, 1.807) is 5.49 Å². The Balaban J connectivity index is 1.72. The minimum Gasteiger partial charge on any atom is -0.481 e. The molecular formula is C16H26N4O4S. The zero-order valence-corrected chi connectivity index (χ0v) is 15.2. The molecule has 2 saturated heterocycles. The van der Waals surface area contributed by atoms with Gasteiger partial charge in [-0.2, -0.15) is 0 Å². The number of carboxylic acid groups (broad SMARTS) is 1. The molecule has 8 nitrogen and oxygen atoms in total. The third-order valence-electron chi connectivity index (χ3n) is 4.65. The van der Waals surface area contributed by atoms with E-state index in [9.17, 15) is 9.59 Å². The van der Waals surface area contributed by atoms with Crippen LogP contribution in [0.5, 0.6) is 0 Å². The summed E-state index contributed by atoms with van der Waals surface area (Å²) in [6.07, 6.45) is 5.14. The fraction of sp³-hybridized carbons (Fsp3) is 0.750. The van der Waals surface area contributed by atoms with Crippen molar-refractivity contribution in [2.75, 3.05) is 32.8 Å². The number of hydrazone groups is 1. The van der Waals surface area contributed by atoms with Crippen LogP contribution in [0.1, 0.15) is 38.5 Å². The normalized spacial score (nSPS) is 24.8. The number of rotatable bonds is 5. The summed E-state index contributed by atoms with van der Waals surface area (Å²) in [5.41, 5.74) is 1.73. The monoisotopic (exact) mass is 370 g/mol. The molecule has 3 heterocycles. The molecule has 0 aliphatic carbocycles. The number of amides is 1. The van der Waals surface area contributed by atoms with Crippen molar-refractivity contribution < 1.29 is 19.5 Å². The number of hydroxylamine groups is 1. The summed E-state index contributed by atoms with van der Waals surface area (Å²) in [6.45, 7) is 3.53. The number of aliphatic carboxylic acids is 1. The molecule has 3 rings (SSSR count). The van der Waals surface area contributed by atoms with Crippen LogP contribution in [0, 0.1) is 5.92 Å². The molecule has 25 heavy (non-hydrogen) atoms. The SMILES string of the molecule is O=C(O)CCON1C=S(C(=O)N2CCCCC2)C(C2CCNCC2)=N1. The van der Waals surface area contributed by atoms with Crippen molar-refractivity contribution in [1.29, 1.82) is 0 Å². The summed E-state index contributed by atoms with van der Waals surface area (Å²) in [6, 6.07) is 0. The van der Waals surface area contributed by atoms with Crippen LogP contribution in [0.25, 0.3) is 0 Å². The summed E-state index contributed by atoms with van der Waals surface area (Å²) in [5, 5.41) is 18.9. The molecule has 140 valence electrons. The van der Waals surface area contributed by atoms with Gasteiger partial charge >= 0.3 is 5.97 Å². The van der Waals surface area contributed by atoms with E-state index in [1.807, 2.05) is 4.90 Å². The molecule has 2 N–H and O–H groups in total. The van der Waals surface area contributed by atoms with Crippen LogP contribution in [0.15, 0.2) is 5.10 Å². The van der Waals surface area contributed by atoms with Crippen LogP contribution >= 0.6 is 10.5 Å². The van der Waals surface area contributed by atoms with Crippen molar-refractivity contribution in [1.82, 2.24) is 15.4 Å². The van der Waals surface area contributed by atoms with Gasteiger partial charge in [0.2, 0.25) is 0 Å². The molecule has 1 atom stereocenters. The Kier molecular flexibility index (Phi) is 6.44. The lowest BCUT2D eigenvalue weighted by molar-refractivity contribution is -0.143. The van der Waals surface area contributed by atoms with E-state index in [1.165, 1.54) is 11.6 Å². The largest absolute Gasteiger partial charge is 0.481 e. The summed E-state index contributed by atoms with van der Waals surface area (Å²) in [4.78, 5) is 31.0. The highest BCUT2D eigenvalue weighted by Crippen LogP contribution is 2.34. The second kappa shape index (κ2) is 8.77. The fourth-order valence-electron chi connectivity index (χ4n) is 3.27. The number of likely N-dealkylation sites (tertiary alicyclic amines) is 1. The number of carbonyl (C=O) groups excluding carboxylic acids is 1. The molecule has 0 bridgehead atoms. The first kappa shape index (κ1) is 18.3. The number of nitrogens with zero attached hydrogens (tertiary/aromatic N) is 3. The summed E-state index contributed by atoms with van der Waals surface area (Å²) in [5.74, 6) is -0.632. The van der Waals surface area contributed by atoms with Crippen LogP contribution in [-0.4, -0.2) is 69.7 Å². The second-order valence-corrected chi connectivity index (χ2v) is 8.15. The predicted molar refractivity (Wildman–Crippen MR) is 97.5 cm³/mol. The first-order valence-electron chi connectivity index (χ1n) is 8.95. The van der Waals surface area contributed by atoms with E-state index in [0.29, 0.717) is 0 Å². The van der Waals surface area contributed by atoms with Crippen molar-refractivity contribution in [2.45, 2.75) is 38.5 Å². The number of carbonyl (C=O) groups is 2. The van der Waals surface area contributed by atoms with Crippen molar-refractivity contribution in [3.05, 3.63) is 0 Å². The summed E-state index contributed by atoms with van der Waals surface area (Å²) in [7, 11) is -0.711. The molecule has 0 aromatic carbocycles. The van der Waals surface area contributed by atoms with Gasteiger partial charge in [0.15, 0.2) is 0 Å². The van der Waals surface area contributed by atoms with Crippen molar-refractivity contribution in [2.24, 2.45) is 11.0 Å². The number of piperidine rings is 2. The predicted octanol–water partition coefficient (Wildman–Crippen LogP) is 1.66. The highest BCUT2D eigenvalue weighted by Gasteiger charge is 2.33. The van der Waals surface area contributed by atoms with Crippen molar-refractivity contribution >= 4 is 32.2 Å². The molecule has 0 spiro atoms. The van der Waals surface area contributed by atoms with Crippen LogP contribution in [0.3, 0.4) is 0 Å². The molecular weight excluding hydrogens is 344 g/mol. The first-order valence-corrected chi connectivity index (χ1v) is 10.2. The fourth-order valence-corrected chi connectivity index (χ4v) is 5.16. The third kappa shape index (κ3) is 4.80. The quantitative estimate of drug-likeness (QED) is 0.715. The first-order chi connectivity index (χ1) is 12.1. The Morgan fingerprint density at radius 2 is 2.00 bits per heavy atom. The highest BCUT2D eigenvalue weighted by molar-refractivity contribution is 8.39. The van der Waals surface area contributed by atoms with Gasteiger partial charge in [-0.05, 0) is 55.7 Å². The van der Waals surface area contributed by atoms with Gasteiger partial charge in [0, 0.05) is 19.0 Å². The van der Waals surface area contributed by atoms with Gasteiger partial charge < -0.3 is 15.3 Å². The molecule has 0 aromatic rings. The average Bonchev–Trinajstić information content (AvgIpc) is 3.06. The van der Waals surface area contributed by atoms with E-state index >= 15 is 0 Å². The van der Waals surface area contributed by atoms with E-state index in [-0.39, 0.29) is 24.2 Å². The zero-order chi connectivity index (χ0) is 17.6. The Labute approximate surface area is 150 Å². The summed E-state index contributed by atoms with van der Waals surface area (Å²) >= 11 is 0. The standard InChI is InChI=1S/C16H26N4O4S/c21-14(22)6-11-24-20-12-25(16(23)19-9-2-1-3-10-19)15(18-20)13-4-7-17-8-5-13/h12-13,17H,1-11H2,(H,21,22). The molecule has 0 saturated carbocycles.